The highest BCUT2D eigenvalue weighted by Crippen LogP contribution is 2.15. The highest BCUT2D eigenvalue weighted by Gasteiger charge is 2.36. The van der Waals surface area contributed by atoms with Crippen molar-refractivity contribution in [3.63, 3.8) is 0 Å². The summed E-state index contributed by atoms with van der Waals surface area (Å²) in [6.07, 6.45) is 4.57. The number of nitrogens with one attached hydrogen (secondary N) is 1. The molecule has 1 aromatic rings. The maximum atomic E-state index is 5.38. The van der Waals surface area contributed by atoms with Gasteiger partial charge in [0, 0.05) is 39.8 Å². The van der Waals surface area contributed by atoms with Crippen LogP contribution in [0, 0.1) is 0 Å². The number of rotatable bonds is 9. The van der Waals surface area contributed by atoms with Crippen LogP contribution in [0.25, 0.3) is 0 Å². The number of imidazole rings is 1. The molecule has 0 saturated carbocycles. The molecule has 7 heteroatoms. The number of aromatic amines is 1. The molecule has 6 nitrogen and oxygen atoms in total. The lowest BCUT2D eigenvalue weighted by Gasteiger charge is -2.25. The van der Waals surface area contributed by atoms with E-state index in [1.54, 1.807) is 27.5 Å². The Bertz CT molecular complexity index is 309. The van der Waals surface area contributed by atoms with Gasteiger partial charge in [-0.3, -0.25) is 4.90 Å². The molecular formula is C11H23N3O3Si. The molecule has 0 atom stereocenters. The van der Waals surface area contributed by atoms with Gasteiger partial charge in [0.1, 0.15) is 5.82 Å². The molecule has 0 aliphatic rings. The Hall–Kier alpha value is -0.733. The van der Waals surface area contributed by atoms with Gasteiger partial charge in [0.25, 0.3) is 0 Å². The molecule has 1 rings (SSSR count). The summed E-state index contributed by atoms with van der Waals surface area (Å²) < 4.78 is 16.1. The lowest BCUT2D eigenvalue weighted by molar-refractivity contribution is 0.121. The van der Waals surface area contributed by atoms with E-state index in [0.717, 1.165) is 31.4 Å². The van der Waals surface area contributed by atoms with E-state index in [9.17, 15) is 0 Å². The van der Waals surface area contributed by atoms with Crippen molar-refractivity contribution in [3.8, 4) is 0 Å². The minimum Gasteiger partial charge on any atom is -0.377 e. The van der Waals surface area contributed by atoms with E-state index in [1.807, 2.05) is 6.20 Å². The monoisotopic (exact) mass is 273 g/mol. The van der Waals surface area contributed by atoms with Crippen LogP contribution in [0.5, 0.6) is 0 Å². The van der Waals surface area contributed by atoms with E-state index in [-0.39, 0.29) is 0 Å². The van der Waals surface area contributed by atoms with Crippen LogP contribution in [0.15, 0.2) is 12.4 Å². The number of hydrogen-bond acceptors (Lipinski definition) is 5. The van der Waals surface area contributed by atoms with Crippen molar-refractivity contribution in [2.75, 3.05) is 34.9 Å². The Kier molecular flexibility index (Phi) is 6.51. The van der Waals surface area contributed by atoms with Gasteiger partial charge in [-0.05, 0) is 20.0 Å². The number of nitrogens with zero attached hydrogens (tertiary/aromatic N) is 2. The van der Waals surface area contributed by atoms with Gasteiger partial charge in [0.15, 0.2) is 0 Å². The third kappa shape index (κ3) is 4.50. The smallest absolute Gasteiger partial charge is 0.377 e. The van der Waals surface area contributed by atoms with E-state index in [0.29, 0.717) is 0 Å². The molecule has 1 aromatic heterocycles. The van der Waals surface area contributed by atoms with Crippen LogP contribution >= 0.6 is 0 Å². The molecule has 1 N–H and O–H groups in total. The molecule has 0 amide bonds. The van der Waals surface area contributed by atoms with Crippen molar-refractivity contribution in [1.82, 2.24) is 14.9 Å². The molecule has 0 aliphatic carbocycles. The third-order valence-corrected chi connectivity index (χ3v) is 5.76. The first-order valence-electron chi connectivity index (χ1n) is 5.98. The largest absolute Gasteiger partial charge is 0.500 e. The molecule has 0 fully saturated rings. The van der Waals surface area contributed by atoms with Gasteiger partial charge in [-0.25, -0.2) is 4.98 Å². The first-order chi connectivity index (χ1) is 8.65. The summed E-state index contributed by atoms with van der Waals surface area (Å²) in [7, 11) is 4.59. The summed E-state index contributed by atoms with van der Waals surface area (Å²) in [5.41, 5.74) is 0. The summed E-state index contributed by atoms with van der Waals surface area (Å²) >= 11 is 0. The van der Waals surface area contributed by atoms with Crippen LogP contribution in [-0.2, 0) is 19.8 Å². The predicted octanol–water partition coefficient (Wildman–Crippen LogP) is 1.11. The van der Waals surface area contributed by atoms with Crippen LogP contribution in [0.3, 0.4) is 0 Å². The standard InChI is InChI=1S/C11H23N3O3Si/c1-14(10-11-12-6-7-13-11)8-5-9-18(15-2,16-3)17-4/h6-7H,5,8-10H2,1-4H3,(H,12,13). The van der Waals surface area contributed by atoms with E-state index in [1.165, 1.54) is 0 Å². The summed E-state index contributed by atoms with van der Waals surface area (Å²) in [4.78, 5) is 9.50. The second kappa shape index (κ2) is 7.65. The zero-order valence-corrected chi connectivity index (χ0v) is 12.6. The minimum absolute atomic E-state index is 0.814. The Morgan fingerprint density at radius 3 is 2.44 bits per heavy atom. The Morgan fingerprint density at radius 2 is 1.94 bits per heavy atom. The predicted molar refractivity (Wildman–Crippen MR) is 71.1 cm³/mol. The fraction of sp³-hybridized carbons (Fsp3) is 0.727. The third-order valence-electron chi connectivity index (χ3n) is 2.93. The highest BCUT2D eigenvalue weighted by atomic mass is 28.4. The maximum absolute atomic E-state index is 5.38. The maximum Gasteiger partial charge on any atom is 0.500 e. The van der Waals surface area contributed by atoms with Crippen molar-refractivity contribution in [2.24, 2.45) is 0 Å². The first-order valence-corrected chi connectivity index (χ1v) is 7.91. The van der Waals surface area contributed by atoms with E-state index in [2.05, 4.69) is 21.9 Å². The summed E-state index contributed by atoms with van der Waals surface area (Å²) in [6, 6.07) is 0.818. The van der Waals surface area contributed by atoms with Crippen LogP contribution in [0.1, 0.15) is 12.2 Å². The Labute approximate surface area is 110 Å². The molecule has 0 aliphatic heterocycles. The second-order valence-electron chi connectivity index (χ2n) is 4.17. The quantitative estimate of drug-likeness (QED) is 0.683. The lowest BCUT2D eigenvalue weighted by atomic mass is 10.4. The lowest BCUT2D eigenvalue weighted by Crippen LogP contribution is -2.43. The zero-order chi connectivity index (χ0) is 13.4. The van der Waals surface area contributed by atoms with Crippen molar-refractivity contribution < 1.29 is 13.3 Å². The summed E-state index contributed by atoms with van der Waals surface area (Å²) in [5.74, 6) is 0.978. The molecule has 1 heterocycles. The number of aromatic nitrogens is 2. The molecule has 0 bridgehead atoms. The SMILES string of the molecule is CO[Si](CCCN(C)Cc1ncc[nH]1)(OC)OC. The highest BCUT2D eigenvalue weighted by molar-refractivity contribution is 6.60. The van der Waals surface area contributed by atoms with Gasteiger partial charge >= 0.3 is 8.80 Å². The first kappa shape index (κ1) is 15.3. The average molecular weight is 273 g/mol. The van der Waals surface area contributed by atoms with Crippen molar-refractivity contribution in [2.45, 2.75) is 19.0 Å². The van der Waals surface area contributed by atoms with Gasteiger partial charge in [-0.1, -0.05) is 0 Å². The molecule has 0 saturated heterocycles. The minimum atomic E-state index is -2.41. The van der Waals surface area contributed by atoms with Gasteiger partial charge in [0.05, 0.1) is 6.54 Å². The van der Waals surface area contributed by atoms with Gasteiger partial charge < -0.3 is 18.3 Å². The second-order valence-corrected chi connectivity index (χ2v) is 7.26. The van der Waals surface area contributed by atoms with Gasteiger partial charge in [-0.2, -0.15) is 0 Å². The number of H-pyrrole nitrogens is 1. The summed E-state index contributed by atoms with van der Waals surface area (Å²) in [6.45, 7) is 1.76. The molecule has 0 aromatic carbocycles. The molecule has 104 valence electrons. The van der Waals surface area contributed by atoms with Crippen LogP contribution in [0.2, 0.25) is 6.04 Å². The average Bonchev–Trinajstić information content (AvgIpc) is 2.88. The molecule has 0 radical (unpaired) electrons. The Balaban J connectivity index is 2.28. The molecule has 18 heavy (non-hydrogen) atoms. The Morgan fingerprint density at radius 1 is 1.28 bits per heavy atom. The van der Waals surface area contributed by atoms with Crippen LogP contribution in [0.4, 0.5) is 0 Å². The summed E-state index contributed by atoms with van der Waals surface area (Å²) in [5, 5.41) is 0. The topological polar surface area (TPSA) is 59.6 Å². The van der Waals surface area contributed by atoms with Gasteiger partial charge in [-0.15, -0.1) is 0 Å². The fourth-order valence-electron chi connectivity index (χ4n) is 1.84. The van der Waals surface area contributed by atoms with Gasteiger partial charge in [0.2, 0.25) is 0 Å². The van der Waals surface area contributed by atoms with E-state index >= 15 is 0 Å². The van der Waals surface area contributed by atoms with Crippen molar-refractivity contribution >= 4 is 8.80 Å². The van der Waals surface area contributed by atoms with Crippen LogP contribution < -0.4 is 0 Å². The molecular weight excluding hydrogens is 250 g/mol. The van der Waals surface area contributed by atoms with E-state index < -0.39 is 8.80 Å². The fourth-order valence-corrected chi connectivity index (χ4v) is 3.54. The van der Waals surface area contributed by atoms with Crippen molar-refractivity contribution in [3.05, 3.63) is 18.2 Å². The van der Waals surface area contributed by atoms with Crippen molar-refractivity contribution in [1.29, 1.82) is 0 Å². The molecule has 0 spiro atoms. The number of hydrogen-bond donors (Lipinski definition) is 1. The van der Waals surface area contributed by atoms with E-state index in [4.69, 9.17) is 13.3 Å². The molecule has 0 unspecified atom stereocenters. The van der Waals surface area contributed by atoms with Crippen LogP contribution in [-0.4, -0.2) is 58.6 Å². The zero-order valence-electron chi connectivity index (χ0n) is 11.6. The normalized spacial score (nSPS) is 12.3.